The van der Waals surface area contributed by atoms with Crippen molar-refractivity contribution in [1.29, 1.82) is 0 Å². The van der Waals surface area contributed by atoms with E-state index in [1.807, 2.05) is 30.3 Å². The van der Waals surface area contributed by atoms with E-state index in [0.717, 1.165) is 5.56 Å². The molecule has 0 aliphatic carbocycles. The highest BCUT2D eigenvalue weighted by atomic mass is 32.2. The molecule has 0 fully saturated rings. The molecule has 0 aliphatic heterocycles. The second-order valence-corrected chi connectivity index (χ2v) is 10.2. The van der Waals surface area contributed by atoms with Crippen LogP contribution in [0.3, 0.4) is 0 Å². The summed E-state index contributed by atoms with van der Waals surface area (Å²) in [6.45, 7) is 0.405. The van der Waals surface area contributed by atoms with Gasteiger partial charge in [0.05, 0.1) is 17.3 Å². The largest absolute Gasteiger partial charge is 0.497 e. The summed E-state index contributed by atoms with van der Waals surface area (Å²) in [5, 5.41) is -1.04. The Morgan fingerprint density at radius 2 is 1.31 bits per heavy atom. The molecule has 4 rings (SSSR count). The molecule has 1 atom stereocenters. The van der Waals surface area contributed by atoms with E-state index in [4.69, 9.17) is 9.47 Å². The third kappa shape index (κ3) is 5.97. The number of ether oxygens (including phenoxy) is 2. The van der Waals surface area contributed by atoms with Gasteiger partial charge in [-0.1, -0.05) is 60.7 Å². The van der Waals surface area contributed by atoms with Gasteiger partial charge in [-0.25, -0.2) is 8.42 Å². The van der Waals surface area contributed by atoms with E-state index in [1.165, 1.54) is 0 Å². The van der Waals surface area contributed by atoms with Gasteiger partial charge in [-0.3, -0.25) is 4.79 Å². The summed E-state index contributed by atoms with van der Waals surface area (Å²) in [5.74, 6) is 0.984. The summed E-state index contributed by atoms with van der Waals surface area (Å²) < 4.78 is 38.2. The van der Waals surface area contributed by atoms with E-state index in [1.54, 1.807) is 86.0 Å². The molecule has 0 radical (unpaired) electrons. The Hall–Kier alpha value is -3.90. The first-order valence-corrected chi connectivity index (χ1v) is 12.7. The lowest BCUT2D eigenvalue weighted by molar-refractivity contribution is 0.0980. The molecule has 6 heteroatoms. The average Bonchev–Trinajstić information content (AvgIpc) is 2.92. The maximum Gasteiger partial charge on any atom is 0.185 e. The molecule has 4 aromatic rings. The Labute approximate surface area is 205 Å². The number of benzene rings is 4. The molecule has 0 heterocycles. The molecular weight excluding hydrogens is 460 g/mol. The Bertz CT molecular complexity index is 1350. The number of Topliss-reactive ketones (excluding diaryl/α,β-unsaturated/α-hetero) is 1. The van der Waals surface area contributed by atoms with Crippen molar-refractivity contribution in [3.63, 3.8) is 0 Å². The summed E-state index contributed by atoms with van der Waals surface area (Å²) in [6, 6.07) is 31.6. The summed E-state index contributed by atoms with van der Waals surface area (Å²) >= 11 is 0. The maximum absolute atomic E-state index is 13.6. The molecule has 0 aliphatic rings. The molecule has 0 spiro atoms. The molecule has 0 N–H and O–H groups in total. The van der Waals surface area contributed by atoms with Crippen LogP contribution < -0.4 is 9.47 Å². The van der Waals surface area contributed by atoms with Gasteiger partial charge in [0.1, 0.15) is 18.1 Å². The molecule has 0 aromatic heterocycles. The van der Waals surface area contributed by atoms with E-state index in [-0.39, 0.29) is 17.1 Å². The first-order valence-electron chi connectivity index (χ1n) is 11.2. The van der Waals surface area contributed by atoms with Crippen molar-refractivity contribution in [2.45, 2.75) is 23.2 Å². The van der Waals surface area contributed by atoms with Gasteiger partial charge in [-0.2, -0.15) is 0 Å². The zero-order valence-corrected chi connectivity index (χ0v) is 20.1. The van der Waals surface area contributed by atoms with E-state index in [2.05, 4.69) is 0 Å². The van der Waals surface area contributed by atoms with Crippen LogP contribution in [0.25, 0.3) is 0 Å². The molecule has 1 unspecified atom stereocenters. The van der Waals surface area contributed by atoms with Crippen LogP contribution in [0.5, 0.6) is 11.5 Å². The van der Waals surface area contributed by atoms with Crippen molar-refractivity contribution in [2.24, 2.45) is 0 Å². The smallest absolute Gasteiger partial charge is 0.185 e. The number of carbonyl (C=O) groups is 1. The Morgan fingerprint density at radius 3 is 1.91 bits per heavy atom. The Morgan fingerprint density at radius 1 is 0.743 bits per heavy atom. The fourth-order valence-electron chi connectivity index (χ4n) is 3.76. The maximum atomic E-state index is 13.6. The highest BCUT2D eigenvalue weighted by molar-refractivity contribution is 7.91. The molecule has 0 saturated heterocycles. The normalized spacial score (nSPS) is 12.0. The predicted octanol–water partition coefficient (Wildman–Crippen LogP) is 6.06. The second-order valence-electron chi connectivity index (χ2n) is 8.05. The molecule has 35 heavy (non-hydrogen) atoms. The molecule has 0 amide bonds. The summed E-state index contributed by atoms with van der Waals surface area (Å²) in [6.07, 6.45) is -0.187. The lowest BCUT2D eigenvalue weighted by atomic mass is 10.0. The second kappa shape index (κ2) is 11.0. The minimum Gasteiger partial charge on any atom is -0.497 e. The van der Waals surface area contributed by atoms with Crippen LogP contribution in [-0.4, -0.2) is 21.3 Å². The lowest BCUT2D eigenvalue weighted by Crippen LogP contribution is -2.18. The Balaban J connectivity index is 1.60. The molecule has 5 nitrogen and oxygen atoms in total. The third-order valence-corrected chi connectivity index (χ3v) is 7.85. The third-order valence-electron chi connectivity index (χ3n) is 5.73. The fraction of sp³-hybridized carbons (Fsp3) is 0.138. The van der Waals surface area contributed by atoms with Crippen molar-refractivity contribution in [1.82, 2.24) is 0 Å². The topological polar surface area (TPSA) is 69.7 Å². The number of carbonyl (C=O) groups excluding carboxylic acids is 1. The van der Waals surface area contributed by atoms with Gasteiger partial charge in [0.25, 0.3) is 0 Å². The van der Waals surface area contributed by atoms with Crippen LogP contribution in [-0.2, 0) is 16.4 Å². The van der Waals surface area contributed by atoms with Crippen molar-refractivity contribution in [2.75, 3.05) is 7.11 Å². The monoisotopic (exact) mass is 486 g/mol. The zero-order valence-electron chi connectivity index (χ0n) is 19.3. The van der Waals surface area contributed by atoms with Gasteiger partial charge in [0.2, 0.25) is 0 Å². The standard InChI is InChI=1S/C29H26O5S/c1-33-25-16-12-23(13-17-25)28(30)20-29(35(31,32)27-10-6-3-7-11-27)24-14-18-26(19-15-24)34-21-22-8-4-2-5-9-22/h2-19,29H,20-21H2,1H3. The molecule has 4 aromatic carbocycles. The van der Waals surface area contributed by atoms with Gasteiger partial charge >= 0.3 is 0 Å². The van der Waals surface area contributed by atoms with Gasteiger partial charge in [0, 0.05) is 12.0 Å². The Kier molecular flexibility index (Phi) is 7.63. The predicted molar refractivity (Wildman–Crippen MR) is 136 cm³/mol. The summed E-state index contributed by atoms with van der Waals surface area (Å²) in [4.78, 5) is 13.3. The first-order chi connectivity index (χ1) is 17.0. The van der Waals surface area contributed by atoms with E-state index >= 15 is 0 Å². The number of hydrogen-bond acceptors (Lipinski definition) is 5. The van der Waals surface area contributed by atoms with Crippen LogP contribution in [0.1, 0.15) is 33.2 Å². The highest BCUT2D eigenvalue weighted by Crippen LogP contribution is 2.34. The van der Waals surface area contributed by atoms with Gasteiger partial charge in [0.15, 0.2) is 15.6 Å². The minimum absolute atomic E-state index is 0.178. The van der Waals surface area contributed by atoms with E-state index in [0.29, 0.717) is 29.2 Å². The summed E-state index contributed by atoms with van der Waals surface area (Å²) in [7, 11) is -2.28. The average molecular weight is 487 g/mol. The van der Waals surface area contributed by atoms with E-state index < -0.39 is 15.1 Å². The van der Waals surface area contributed by atoms with E-state index in [9.17, 15) is 13.2 Å². The highest BCUT2D eigenvalue weighted by Gasteiger charge is 2.31. The van der Waals surface area contributed by atoms with Crippen molar-refractivity contribution in [3.8, 4) is 11.5 Å². The number of ketones is 1. The van der Waals surface area contributed by atoms with Crippen LogP contribution in [0, 0.1) is 0 Å². The fourth-order valence-corrected chi connectivity index (χ4v) is 5.52. The zero-order chi connectivity index (χ0) is 24.7. The van der Waals surface area contributed by atoms with Crippen LogP contribution in [0.15, 0.2) is 114 Å². The van der Waals surface area contributed by atoms with Crippen LogP contribution in [0.2, 0.25) is 0 Å². The SMILES string of the molecule is COc1ccc(C(=O)CC(c2ccc(OCc3ccccc3)cc2)S(=O)(=O)c2ccccc2)cc1. The lowest BCUT2D eigenvalue weighted by Gasteiger charge is -2.18. The molecule has 0 bridgehead atoms. The quantitative estimate of drug-likeness (QED) is 0.255. The van der Waals surface area contributed by atoms with Crippen molar-refractivity contribution < 1.29 is 22.7 Å². The number of rotatable bonds is 10. The summed E-state index contributed by atoms with van der Waals surface area (Å²) in [5.41, 5.74) is 2.00. The molecule has 178 valence electrons. The van der Waals surface area contributed by atoms with Gasteiger partial charge in [-0.05, 0) is 59.7 Å². The van der Waals surface area contributed by atoms with Crippen molar-refractivity contribution >= 4 is 15.6 Å². The molecule has 0 saturated carbocycles. The van der Waals surface area contributed by atoms with Crippen LogP contribution in [0.4, 0.5) is 0 Å². The van der Waals surface area contributed by atoms with Gasteiger partial charge < -0.3 is 9.47 Å². The molecular formula is C29H26O5S. The minimum atomic E-state index is -3.82. The van der Waals surface area contributed by atoms with Gasteiger partial charge in [-0.15, -0.1) is 0 Å². The number of sulfone groups is 1. The van der Waals surface area contributed by atoms with Crippen LogP contribution >= 0.6 is 0 Å². The van der Waals surface area contributed by atoms with Crippen molar-refractivity contribution in [3.05, 3.63) is 126 Å². The first kappa shape index (κ1) is 24.2. The number of hydrogen-bond donors (Lipinski definition) is 0. The number of methoxy groups -OCH3 is 1.